The highest BCUT2D eigenvalue weighted by atomic mass is 28.3. The van der Waals surface area contributed by atoms with E-state index < -0.39 is 8.07 Å². The molecule has 0 aliphatic rings. The molecule has 0 fully saturated rings. The third-order valence-electron chi connectivity index (χ3n) is 12.0. The molecule has 0 amide bonds. The van der Waals surface area contributed by atoms with Crippen LogP contribution in [0.3, 0.4) is 0 Å². The van der Waals surface area contributed by atoms with Crippen molar-refractivity contribution in [1.82, 2.24) is 0 Å². The number of benzene rings is 10. The Morgan fingerprint density at radius 1 is 0.226 bits per heavy atom. The lowest BCUT2D eigenvalue weighted by Gasteiger charge is -2.34. The summed E-state index contributed by atoms with van der Waals surface area (Å²) >= 11 is 0. The van der Waals surface area contributed by atoms with Gasteiger partial charge in [-0.25, -0.2) is 0 Å². The van der Waals surface area contributed by atoms with E-state index in [0.29, 0.717) is 0 Å². The fourth-order valence-electron chi connectivity index (χ4n) is 9.13. The number of hydrogen-bond acceptors (Lipinski definition) is 1. The Kier molecular flexibility index (Phi) is 10.8. The fraction of sp³-hybridized carbons (Fsp3) is 0. The van der Waals surface area contributed by atoms with Crippen molar-refractivity contribution in [1.29, 1.82) is 0 Å². The second kappa shape index (κ2) is 17.4. The lowest BCUT2D eigenvalue weighted by Crippen LogP contribution is -2.74. The van der Waals surface area contributed by atoms with E-state index in [-0.39, 0.29) is 0 Å². The molecule has 2 heteroatoms. The normalized spacial score (nSPS) is 11.2. The Morgan fingerprint density at radius 2 is 0.565 bits per heavy atom. The predicted octanol–water partition coefficient (Wildman–Crippen LogP) is 13.2. The van der Waals surface area contributed by atoms with Gasteiger partial charge in [-0.2, -0.15) is 0 Å². The van der Waals surface area contributed by atoms with Crippen molar-refractivity contribution in [3.63, 3.8) is 0 Å². The van der Waals surface area contributed by atoms with Crippen molar-refractivity contribution in [2.45, 2.75) is 0 Å². The highest BCUT2D eigenvalue weighted by Gasteiger charge is 2.41. The Morgan fingerprint density at radius 3 is 1.02 bits per heavy atom. The predicted molar refractivity (Wildman–Crippen MR) is 266 cm³/mol. The molecule has 10 aromatic rings. The van der Waals surface area contributed by atoms with Gasteiger partial charge in [-0.3, -0.25) is 0 Å². The van der Waals surface area contributed by atoms with Gasteiger partial charge in [-0.15, -0.1) is 0 Å². The van der Waals surface area contributed by atoms with E-state index in [1.807, 2.05) is 0 Å². The zero-order valence-electron chi connectivity index (χ0n) is 34.4. The zero-order valence-corrected chi connectivity index (χ0v) is 35.4. The summed E-state index contributed by atoms with van der Waals surface area (Å²) < 4.78 is 0. The van der Waals surface area contributed by atoms with Crippen molar-refractivity contribution in [2.75, 3.05) is 4.90 Å². The van der Waals surface area contributed by atoms with E-state index in [0.717, 1.165) is 39.3 Å². The van der Waals surface area contributed by atoms with Crippen LogP contribution in [0.5, 0.6) is 0 Å². The number of para-hydroxylation sites is 1. The molecule has 0 N–H and O–H groups in total. The molecule has 0 aromatic heterocycles. The Hall–Kier alpha value is -7.78. The average molecular weight is 808 g/mol. The van der Waals surface area contributed by atoms with Crippen molar-refractivity contribution in [3.8, 4) is 44.5 Å². The third-order valence-corrected chi connectivity index (χ3v) is 16.8. The molecule has 0 aliphatic carbocycles. The monoisotopic (exact) mass is 807 g/mol. The number of rotatable bonds is 11. The van der Waals surface area contributed by atoms with Crippen LogP contribution in [0, 0.1) is 0 Å². The maximum Gasteiger partial charge on any atom is 0.179 e. The first kappa shape index (κ1) is 38.4. The maximum absolute atomic E-state index is 2.70. The van der Waals surface area contributed by atoms with Gasteiger partial charge in [0, 0.05) is 22.5 Å². The number of anilines is 3. The first-order valence-corrected chi connectivity index (χ1v) is 23.3. The second-order valence-electron chi connectivity index (χ2n) is 15.7. The molecule has 0 saturated carbocycles. The van der Waals surface area contributed by atoms with Crippen molar-refractivity contribution >= 4 is 45.9 Å². The minimum absolute atomic E-state index is 1.08. The number of hydrogen-bond donors (Lipinski definition) is 0. The van der Waals surface area contributed by atoms with E-state index in [2.05, 4.69) is 278 Å². The average Bonchev–Trinajstić information content (AvgIpc) is 3.37. The molecule has 0 bridgehead atoms. The molecule has 10 aromatic carbocycles. The Bertz CT molecular complexity index is 2850. The van der Waals surface area contributed by atoms with Crippen molar-refractivity contribution in [2.24, 2.45) is 0 Å². The minimum atomic E-state index is -2.70. The van der Waals surface area contributed by atoms with Crippen LogP contribution in [0.4, 0.5) is 17.1 Å². The highest BCUT2D eigenvalue weighted by Crippen LogP contribution is 2.48. The Labute approximate surface area is 366 Å². The number of nitrogens with zero attached hydrogens (tertiary/aromatic N) is 1. The van der Waals surface area contributed by atoms with Gasteiger partial charge < -0.3 is 4.90 Å². The Balaban J connectivity index is 1.16. The summed E-state index contributed by atoms with van der Waals surface area (Å²) in [5.74, 6) is 0. The molecule has 1 nitrogen and oxygen atoms in total. The van der Waals surface area contributed by atoms with E-state index in [4.69, 9.17) is 0 Å². The zero-order chi connectivity index (χ0) is 41.6. The van der Waals surface area contributed by atoms with E-state index in [1.54, 1.807) is 0 Å². The molecule has 294 valence electrons. The molecule has 62 heavy (non-hydrogen) atoms. The summed E-state index contributed by atoms with van der Waals surface area (Å²) in [5.41, 5.74) is 12.7. The van der Waals surface area contributed by atoms with Gasteiger partial charge in [-0.1, -0.05) is 237 Å². The molecule has 0 spiro atoms. The molecule has 0 unspecified atom stereocenters. The van der Waals surface area contributed by atoms with E-state index in [1.165, 1.54) is 43.0 Å². The van der Waals surface area contributed by atoms with Gasteiger partial charge >= 0.3 is 0 Å². The lowest BCUT2D eigenvalue weighted by atomic mass is 9.90. The van der Waals surface area contributed by atoms with Crippen molar-refractivity contribution in [3.05, 3.63) is 273 Å². The van der Waals surface area contributed by atoms with Gasteiger partial charge in [0.25, 0.3) is 0 Å². The summed E-state index contributed by atoms with van der Waals surface area (Å²) in [4.78, 5) is 2.44. The SMILES string of the molecule is c1ccc(-c2cc(-c3ccccc3)c(N(c3ccccc3)c3ccc(-c4cccc([Si](c5ccccc5)(c5ccccc5)c5ccccc5)c4)cc3)c(-c3ccccc3)c2)cc1. The van der Waals surface area contributed by atoms with Crippen LogP contribution in [-0.4, -0.2) is 8.07 Å². The van der Waals surface area contributed by atoms with Crippen LogP contribution < -0.4 is 25.6 Å². The summed E-state index contributed by atoms with van der Waals surface area (Å²) in [5, 5.41) is 5.45. The molecule has 0 atom stereocenters. The van der Waals surface area contributed by atoms with Gasteiger partial charge in [0.05, 0.1) is 5.69 Å². The smallest absolute Gasteiger partial charge is 0.179 e. The van der Waals surface area contributed by atoms with Crippen LogP contribution >= 0.6 is 0 Å². The third kappa shape index (κ3) is 7.38. The van der Waals surface area contributed by atoms with E-state index >= 15 is 0 Å². The fourth-order valence-corrected chi connectivity index (χ4v) is 13.9. The van der Waals surface area contributed by atoms with Gasteiger partial charge in [0.1, 0.15) is 0 Å². The topological polar surface area (TPSA) is 3.24 Å². The van der Waals surface area contributed by atoms with Crippen LogP contribution in [0.1, 0.15) is 0 Å². The largest absolute Gasteiger partial charge is 0.309 e. The summed E-state index contributed by atoms with van der Waals surface area (Å²) in [6.45, 7) is 0. The molecular weight excluding hydrogens is 763 g/mol. The molecule has 0 saturated heterocycles. The molecule has 0 heterocycles. The van der Waals surface area contributed by atoms with Crippen LogP contribution in [0.2, 0.25) is 0 Å². The second-order valence-corrected chi connectivity index (χ2v) is 19.5. The molecular formula is C60H45NSi. The summed E-state index contributed by atoms with van der Waals surface area (Å²) in [6.07, 6.45) is 0. The standard InChI is InChI=1S/C60H45NSi/c1-8-23-46(24-9-1)51-44-58(48-25-10-2-11-26-48)60(59(45-51)49-27-12-3-13-28-49)61(52-30-14-4-15-31-52)53-41-39-47(40-42-53)50-29-22-38-57(43-50)62(54-32-16-5-17-33-54,55-34-18-6-19-35-55)56-36-20-7-21-37-56/h1-45H. The highest BCUT2D eigenvalue weighted by molar-refractivity contribution is 7.19. The minimum Gasteiger partial charge on any atom is -0.309 e. The van der Waals surface area contributed by atoms with Crippen LogP contribution in [0.25, 0.3) is 44.5 Å². The first-order chi connectivity index (χ1) is 30.8. The first-order valence-electron chi connectivity index (χ1n) is 21.3. The van der Waals surface area contributed by atoms with Gasteiger partial charge in [0.2, 0.25) is 0 Å². The maximum atomic E-state index is 2.45. The van der Waals surface area contributed by atoms with Crippen LogP contribution in [0.15, 0.2) is 273 Å². The lowest BCUT2D eigenvalue weighted by molar-refractivity contribution is 1.28. The van der Waals surface area contributed by atoms with E-state index in [9.17, 15) is 0 Å². The quantitative estimate of drug-likeness (QED) is 0.0929. The molecule has 0 radical (unpaired) electrons. The van der Waals surface area contributed by atoms with Gasteiger partial charge in [0.15, 0.2) is 8.07 Å². The summed E-state index contributed by atoms with van der Waals surface area (Å²) in [7, 11) is -2.70. The van der Waals surface area contributed by atoms with Gasteiger partial charge in [-0.05, 0) is 90.5 Å². The molecule has 0 aliphatic heterocycles. The summed E-state index contributed by atoms with van der Waals surface area (Å²) in [6, 6.07) is 99.8. The van der Waals surface area contributed by atoms with Crippen molar-refractivity contribution < 1.29 is 0 Å². The molecule has 10 rings (SSSR count). The van der Waals surface area contributed by atoms with Crippen LogP contribution in [-0.2, 0) is 0 Å².